The van der Waals surface area contributed by atoms with Gasteiger partial charge < -0.3 is 19.6 Å². The highest BCUT2D eigenvalue weighted by molar-refractivity contribution is 6.46. The van der Waals surface area contributed by atoms with Crippen molar-refractivity contribution in [3.8, 4) is 5.75 Å². The molecule has 35 heavy (non-hydrogen) atoms. The predicted molar refractivity (Wildman–Crippen MR) is 133 cm³/mol. The van der Waals surface area contributed by atoms with E-state index in [1.54, 1.807) is 18.5 Å². The number of aromatic nitrogens is 1. The molecule has 1 aromatic heterocycles. The second-order valence-electron chi connectivity index (χ2n) is 9.22. The van der Waals surface area contributed by atoms with Crippen molar-refractivity contribution in [2.75, 3.05) is 19.0 Å². The lowest BCUT2D eigenvalue weighted by Gasteiger charge is -2.26. The maximum absolute atomic E-state index is 13.3. The molecule has 2 aliphatic heterocycles. The van der Waals surface area contributed by atoms with Crippen LogP contribution in [-0.4, -0.2) is 46.9 Å². The Bertz CT molecular complexity index is 1320. The second-order valence-corrected chi connectivity index (χ2v) is 9.22. The fourth-order valence-electron chi connectivity index (χ4n) is 4.75. The van der Waals surface area contributed by atoms with Gasteiger partial charge in [-0.05, 0) is 66.1 Å². The van der Waals surface area contributed by atoms with E-state index in [9.17, 15) is 14.7 Å². The molecular formula is C28H27N3O4. The van der Waals surface area contributed by atoms with Gasteiger partial charge in [0, 0.05) is 50.7 Å². The molecule has 0 saturated carbocycles. The average molecular weight is 470 g/mol. The van der Waals surface area contributed by atoms with Gasteiger partial charge in [-0.25, -0.2) is 0 Å². The van der Waals surface area contributed by atoms with E-state index < -0.39 is 17.7 Å². The minimum Gasteiger partial charge on any atom is -0.507 e. The van der Waals surface area contributed by atoms with E-state index in [4.69, 9.17) is 4.74 Å². The second kappa shape index (κ2) is 8.91. The lowest BCUT2D eigenvalue weighted by atomic mass is 9.94. The van der Waals surface area contributed by atoms with Crippen LogP contribution in [0.3, 0.4) is 0 Å². The van der Waals surface area contributed by atoms with E-state index >= 15 is 0 Å². The normalized spacial score (nSPS) is 20.6. The summed E-state index contributed by atoms with van der Waals surface area (Å²) in [6.45, 7) is 2.21. The molecule has 7 nitrogen and oxygen atoms in total. The Balaban J connectivity index is 1.62. The summed E-state index contributed by atoms with van der Waals surface area (Å²) in [6.07, 6.45) is 4.09. The molecule has 0 unspecified atom stereocenters. The molecular weight excluding hydrogens is 442 g/mol. The van der Waals surface area contributed by atoms with Crippen molar-refractivity contribution in [3.63, 3.8) is 0 Å². The van der Waals surface area contributed by atoms with Gasteiger partial charge >= 0.3 is 0 Å². The molecule has 3 heterocycles. The first-order chi connectivity index (χ1) is 16.8. The molecule has 5 rings (SSSR count). The van der Waals surface area contributed by atoms with E-state index in [0.717, 1.165) is 34.5 Å². The number of pyridine rings is 1. The van der Waals surface area contributed by atoms with Crippen molar-refractivity contribution in [1.29, 1.82) is 0 Å². The zero-order valence-corrected chi connectivity index (χ0v) is 19.9. The number of Topliss-reactive ketones (excluding diaryl/α,β-unsaturated/α-hetero) is 1. The molecule has 1 saturated heterocycles. The highest BCUT2D eigenvalue weighted by Gasteiger charge is 2.46. The highest BCUT2D eigenvalue weighted by atomic mass is 16.5. The number of ketones is 1. The molecule has 7 heteroatoms. The van der Waals surface area contributed by atoms with E-state index in [0.29, 0.717) is 5.56 Å². The standard InChI is InChI=1S/C28H27N3O4/c1-17-14-21-15-20(6-9-23(21)35-17)26(32)24-25(19-4-7-22(8-5-19)30(2)3)31(28(34)27(24)33)16-18-10-12-29-13-11-18/h4-13,15,17,25,32H,14,16H2,1-3H3/t17-,25-/m0/s1. The third-order valence-electron chi connectivity index (χ3n) is 6.54. The molecule has 3 aromatic rings. The Hall–Kier alpha value is -4.13. The Kier molecular flexibility index (Phi) is 5.76. The number of likely N-dealkylation sites (tertiary alicyclic amines) is 1. The number of hydrogen-bond acceptors (Lipinski definition) is 6. The molecule has 0 spiro atoms. The van der Waals surface area contributed by atoms with Gasteiger partial charge in [-0.3, -0.25) is 14.6 Å². The summed E-state index contributed by atoms with van der Waals surface area (Å²) in [7, 11) is 3.89. The van der Waals surface area contributed by atoms with Gasteiger partial charge in [0.05, 0.1) is 11.6 Å². The maximum Gasteiger partial charge on any atom is 0.295 e. The summed E-state index contributed by atoms with van der Waals surface area (Å²) in [5.74, 6) is -0.723. The Labute approximate surface area is 204 Å². The van der Waals surface area contributed by atoms with Gasteiger partial charge in [0.25, 0.3) is 11.7 Å². The van der Waals surface area contributed by atoms with E-state index in [1.165, 1.54) is 4.90 Å². The number of amides is 1. The van der Waals surface area contributed by atoms with Crippen LogP contribution in [0, 0.1) is 0 Å². The lowest BCUT2D eigenvalue weighted by Crippen LogP contribution is -2.29. The number of fused-ring (bicyclic) bond motifs is 1. The van der Waals surface area contributed by atoms with Crippen molar-refractivity contribution in [3.05, 3.63) is 94.8 Å². The van der Waals surface area contributed by atoms with Crippen LogP contribution in [0.25, 0.3) is 5.76 Å². The minimum atomic E-state index is -0.720. The van der Waals surface area contributed by atoms with Gasteiger partial charge in [-0.15, -0.1) is 0 Å². The van der Waals surface area contributed by atoms with Crippen LogP contribution < -0.4 is 9.64 Å². The zero-order valence-electron chi connectivity index (χ0n) is 19.9. The summed E-state index contributed by atoms with van der Waals surface area (Å²) in [5.41, 5.74) is 4.16. The minimum absolute atomic E-state index is 0.0588. The van der Waals surface area contributed by atoms with E-state index in [1.807, 2.05) is 74.4 Å². The van der Waals surface area contributed by atoms with Crippen LogP contribution in [0.15, 0.2) is 72.6 Å². The average Bonchev–Trinajstić information content (AvgIpc) is 3.35. The molecule has 1 N–H and O–H groups in total. The van der Waals surface area contributed by atoms with Crippen LogP contribution in [0.5, 0.6) is 5.75 Å². The third-order valence-corrected chi connectivity index (χ3v) is 6.54. The molecule has 2 atom stereocenters. The number of anilines is 1. The molecule has 1 fully saturated rings. The SMILES string of the molecule is C[C@H]1Cc2cc(C(O)=C3C(=O)C(=O)N(Cc4ccncc4)[C@H]3c3ccc(N(C)C)cc3)ccc2O1. The molecule has 0 bridgehead atoms. The molecule has 1 amide bonds. The Morgan fingerprint density at radius 3 is 2.49 bits per heavy atom. The van der Waals surface area contributed by atoms with Crippen molar-refractivity contribution in [2.24, 2.45) is 0 Å². The summed E-state index contributed by atoms with van der Waals surface area (Å²) in [4.78, 5) is 34.1. The summed E-state index contributed by atoms with van der Waals surface area (Å²) in [6, 6.07) is 16.0. The predicted octanol–water partition coefficient (Wildman–Crippen LogP) is 4.09. The molecule has 2 aliphatic rings. The monoisotopic (exact) mass is 469 g/mol. The largest absolute Gasteiger partial charge is 0.507 e. The van der Waals surface area contributed by atoms with Crippen LogP contribution in [0.2, 0.25) is 0 Å². The van der Waals surface area contributed by atoms with E-state index in [2.05, 4.69) is 4.98 Å². The number of carbonyl (C=O) groups is 2. The van der Waals surface area contributed by atoms with Crippen molar-refractivity contribution >= 4 is 23.1 Å². The number of nitrogens with zero attached hydrogens (tertiary/aromatic N) is 3. The molecule has 0 radical (unpaired) electrons. The quantitative estimate of drug-likeness (QED) is 0.344. The van der Waals surface area contributed by atoms with Crippen LogP contribution in [0.4, 0.5) is 5.69 Å². The first-order valence-electron chi connectivity index (χ1n) is 11.6. The number of carbonyl (C=O) groups excluding carboxylic acids is 2. The molecule has 2 aromatic carbocycles. The van der Waals surface area contributed by atoms with E-state index in [-0.39, 0.29) is 24.0 Å². The number of aliphatic hydroxyl groups is 1. The third kappa shape index (κ3) is 4.14. The number of rotatable bonds is 5. The van der Waals surface area contributed by atoms with Crippen molar-refractivity contribution in [2.45, 2.75) is 32.0 Å². The van der Waals surface area contributed by atoms with Gasteiger partial charge in [0.2, 0.25) is 0 Å². The number of hydrogen-bond donors (Lipinski definition) is 1. The summed E-state index contributed by atoms with van der Waals surface area (Å²) in [5, 5.41) is 11.4. The Morgan fingerprint density at radius 2 is 1.80 bits per heavy atom. The van der Waals surface area contributed by atoms with Gasteiger partial charge in [0.1, 0.15) is 17.6 Å². The first-order valence-corrected chi connectivity index (χ1v) is 11.6. The molecule has 0 aliphatic carbocycles. The van der Waals surface area contributed by atoms with Gasteiger partial charge in [-0.2, -0.15) is 0 Å². The smallest absolute Gasteiger partial charge is 0.295 e. The topological polar surface area (TPSA) is 83.0 Å². The number of benzene rings is 2. The van der Waals surface area contributed by atoms with Gasteiger partial charge in [-0.1, -0.05) is 12.1 Å². The number of ether oxygens (including phenoxy) is 1. The Morgan fingerprint density at radius 1 is 1.09 bits per heavy atom. The lowest BCUT2D eigenvalue weighted by molar-refractivity contribution is -0.140. The zero-order chi connectivity index (χ0) is 24.7. The fourth-order valence-corrected chi connectivity index (χ4v) is 4.75. The van der Waals surface area contributed by atoms with Gasteiger partial charge in [0.15, 0.2) is 0 Å². The van der Waals surface area contributed by atoms with Crippen LogP contribution >= 0.6 is 0 Å². The van der Waals surface area contributed by atoms with Crippen LogP contribution in [0.1, 0.15) is 35.2 Å². The van der Waals surface area contributed by atoms with Crippen LogP contribution in [-0.2, 0) is 22.6 Å². The summed E-state index contributed by atoms with van der Waals surface area (Å²) >= 11 is 0. The fraction of sp³-hybridized carbons (Fsp3) is 0.250. The maximum atomic E-state index is 13.3. The van der Waals surface area contributed by atoms with Crippen molar-refractivity contribution < 1.29 is 19.4 Å². The first kappa shape index (κ1) is 22.7. The molecule has 178 valence electrons. The summed E-state index contributed by atoms with van der Waals surface area (Å²) < 4.78 is 5.77. The highest BCUT2D eigenvalue weighted by Crippen LogP contribution is 2.41. The van der Waals surface area contributed by atoms with Crippen molar-refractivity contribution in [1.82, 2.24) is 9.88 Å². The number of aliphatic hydroxyl groups excluding tert-OH is 1.